The molecule has 3 aromatic rings. The molecule has 9 heteroatoms. The van der Waals surface area contributed by atoms with Crippen LogP contribution in [0.25, 0.3) is 22.3 Å². The summed E-state index contributed by atoms with van der Waals surface area (Å²) in [5.74, 6) is -0.229. The maximum atomic E-state index is 14.3. The van der Waals surface area contributed by atoms with Gasteiger partial charge < -0.3 is 16.2 Å². The van der Waals surface area contributed by atoms with E-state index in [1.165, 1.54) is 0 Å². The van der Waals surface area contributed by atoms with Crippen LogP contribution in [-0.4, -0.2) is 31.3 Å². The van der Waals surface area contributed by atoms with E-state index in [2.05, 4.69) is 20.1 Å². The summed E-state index contributed by atoms with van der Waals surface area (Å²) < 4.78 is 21.6. The van der Waals surface area contributed by atoms with Gasteiger partial charge in [0.05, 0.1) is 10.9 Å². The molecule has 1 unspecified atom stereocenters. The lowest BCUT2D eigenvalue weighted by Crippen LogP contribution is -2.19. The van der Waals surface area contributed by atoms with E-state index in [1.807, 2.05) is 0 Å². The van der Waals surface area contributed by atoms with Crippen molar-refractivity contribution in [3.63, 3.8) is 0 Å². The molecule has 0 saturated carbocycles. The van der Waals surface area contributed by atoms with Crippen LogP contribution in [0.3, 0.4) is 0 Å². The summed E-state index contributed by atoms with van der Waals surface area (Å²) in [5.41, 5.74) is 12.4. The van der Waals surface area contributed by atoms with Crippen LogP contribution in [0, 0.1) is 5.95 Å². The number of rotatable bonds is 2. The van der Waals surface area contributed by atoms with Crippen LogP contribution in [0.15, 0.2) is 18.2 Å². The minimum atomic E-state index is -0.559. The standard InChI is InChI=1S/C15H16FN7O/c16-12-9-7-8(13-19-14(17)21-15(18)20-13)4-5-10(9)23(22-12)11-3-1-2-6-24-11/h4-5,7,11H,1-3,6H2,(H4,17,18,19,20,21). The highest BCUT2D eigenvalue weighted by molar-refractivity contribution is 5.84. The topological polar surface area (TPSA) is 118 Å². The predicted molar refractivity (Wildman–Crippen MR) is 86.2 cm³/mol. The summed E-state index contributed by atoms with van der Waals surface area (Å²) in [4.78, 5) is 11.8. The lowest BCUT2D eigenvalue weighted by molar-refractivity contribution is -0.0375. The highest BCUT2D eigenvalue weighted by atomic mass is 19.1. The van der Waals surface area contributed by atoms with Gasteiger partial charge in [-0.2, -0.15) is 19.3 Å². The van der Waals surface area contributed by atoms with Crippen LogP contribution in [0.4, 0.5) is 16.3 Å². The van der Waals surface area contributed by atoms with Gasteiger partial charge in [-0.05, 0) is 37.5 Å². The van der Waals surface area contributed by atoms with Crippen molar-refractivity contribution in [2.45, 2.75) is 25.5 Å². The van der Waals surface area contributed by atoms with Gasteiger partial charge in [0.2, 0.25) is 17.8 Å². The van der Waals surface area contributed by atoms with Gasteiger partial charge in [0.15, 0.2) is 12.1 Å². The maximum Gasteiger partial charge on any atom is 0.240 e. The molecule has 0 spiro atoms. The van der Waals surface area contributed by atoms with Crippen molar-refractivity contribution in [1.29, 1.82) is 0 Å². The highest BCUT2D eigenvalue weighted by Crippen LogP contribution is 2.30. The van der Waals surface area contributed by atoms with E-state index in [0.29, 0.717) is 28.9 Å². The number of fused-ring (bicyclic) bond motifs is 1. The van der Waals surface area contributed by atoms with Crippen LogP contribution < -0.4 is 11.5 Å². The zero-order valence-electron chi connectivity index (χ0n) is 12.8. The van der Waals surface area contributed by atoms with Crippen molar-refractivity contribution in [3.05, 3.63) is 24.1 Å². The Morgan fingerprint density at radius 2 is 1.92 bits per heavy atom. The zero-order valence-corrected chi connectivity index (χ0v) is 12.8. The molecule has 4 rings (SSSR count). The van der Waals surface area contributed by atoms with E-state index in [4.69, 9.17) is 16.2 Å². The van der Waals surface area contributed by atoms with Gasteiger partial charge in [0.1, 0.15) is 0 Å². The fourth-order valence-electron chi connectivity index (χ4n) is 2.92. The number of nitrogen functional groups attached to an aromatic ring is 2. The predicted octanol–water partition coefficient (Wildman–Crippen LogP) is 1.89. The number of nitrogens with two attached hydrogens (primary N) is 2. The van der Waals surface area contributed by atoms with Crippen LogP contribution in [-0.2, 0) is 4.74 Å². The molecule has 1 saturated heterocycles. The molecule has 124 valence electrons. The average molecular weight is 329 g/mol. The first-order valence-corrected chi connectivity index (χ1v) is 7.68. The Morgan fingerprint density at radius 3 is 2.62 bits per heavy atom. The first-order chi connectivity index (χ1) is 11.6. The Bertz CT molecular complexity index is 884. The molecule has 0 radical (unpaired) electrons. The Morgan fingerprint density at radius 1 is 1.12 bits per heavy atom. The third kappa shape index (κ3) is 2.52. The van der Waals surface area contributed by atoms with Crippen LogP contribution in [0.1, 0.15) is 25.5 Å². The first kappa shape index (κ1) is 14.8. The number of ether oxygens (including phenoxy) is 1. The van der Waals surface area contributed by atoms with Gasteiger partial charge in [-0.15, -0.1) is 5.10 Å². The molecule has 2 aromatic heterocycles. The monoisotopic (exact) mass is 329 g/mol. The molecule has 1 atom stereocenters. The second-order valence-electron chi connectivity index (χ2n) is 5.66. The number of halogens is 1. The number of anilines is 2. The molecule has 1 aliphatic rings. The van der Waals surface area contributed by atoms with Gasteiger partial charge >= 0.3 is 0 Å². The summed E-state index contributed by atoms with van der Waals surface area (Å²) in [7, 11) is 0. The van der Waals surface area contributed by atoms with E-state index < -0.39 is 5.95 Å². The molecular formula is C15H16FN7O. The quantitative estimate of drug-likeness (QED) is 0.737. The molecule has 4 N–H and O–H groups in total. The maximum absolute atomic E-state index is 14.3. The lowest BCUT2D eigenvalue weighted by atomic mass is 10.1. The molecule has 0 amide bonds. The molecule has 0 bridgehead atoms. The average Bonchev–Trinajstić information content (AvgIpc) is 2.91. The number of aromatic nitrogens is 5. The third-order valence-electron chi connectivity index (χ3n) is 4.02. The first-order valence-electron chi connectivity index (χ1n) is 7.68. The summed E-state index contributed by atoms with van der Waals surface area (Å²) in [6, 6.07) is 5.18. The Labute approximate surface area is 136 Å². The summed E-state index contributed by atoms with van der Waals surface area (Å²) in [6.07, 6.45) is 2.64. The number of benzene rings is 1. The van der Waals surface area contributed by atoms with Gasteiger partial charge in [0, 0.05) is 12.2 Å². The number of nitrogens with zero attached hydrogens (tertiary/aromatic N) is 5. The molecule has 3 heterocycles. The molecule has 8 nitrogen and oxygen atoms in total. The second kappa shape index (κ2) is 5.68. The second-order valence-corrected chi connectivity index (χ2v) is 5.66. The van der Waals surface area contributed by atoms with E-state index in [9.17, 15) is 4.39 Å². The molecule has 1 aliphatic heterocycles. The highest BCUT2D eigenvalue weighted by Gasteiger charge is 2.21. The third-order valence-corrected chi connectivity index (χ3v) is 4.02. The van der Waals surface area contributed by atoms with Gasteiger partial charge in [-0.1, -0.05) is 0 Å². The van der Waals surface area contributed by atoms with Crippen molar-refractivity contribution in [3.8, 4) is 11.4 Å². The van der Waals surface area contributed by atoms with Crippen molar-refractivity contribution >= 4 is 22.8 Å². The SMILES string of the molecule is Nc1nc(N)nc(-c2ccc3c(c2)c(F)nn3C2CCCCO2)n1. The van der Waals surface area contributed by atoms with Crippen molar-refractivity contribution in [1.82, 2.24) is 24.7 Å². The summed E-state index contributed by atoms with van der Waals surface area (Å²) in [5, 5.41) is 4.38. The lowest BCUT2D eigenvalue weighted by Gasteiger charge is -2.23. The normalized spacial score (nSPS) is 18.1. The molecular weight excluding hydrogens is 313 g/mol. The molecule has 1 fully saturated rings. The Hall–Kier alpha value is -2.81. The molecule has 24 heavy (non-hydrogen) atoms. The van der Waals surface area contributed by atoms with Crippen molar-refractivity contribution in [2.24, 2.45) is 0 Å². The Balaban J connectivity index is 1.80. The molecule has 0 aliphatic carbocycles. The number of hydrogen-bond acceptors (Lipinski definition) is 7. The van der Waals surface area contributed by atoms with Gasteiger partial charge in [-0.3, -0.25) is 0 Å². The van der Waals surface area contributed by atoms with Crippen molar-refractivity contribution < 1.29 is 9.13 Å². The van der Waals surface area contributed by atoms with E-state index in [0.717, 1.165) is 19.3 Å². The van der Waals surface area contributed by atoms with E-state index in [-0.39, 0.29) is 18.1 Å². The van der Waals surface area contributed by atoms with Crippen molar-refractivity contribution in [2.75, 3.05) is 18.1 Å². The largest absolute Gasteiger partial charge is 0.368 e. The number of hydrogen-bond donors (Lipinski definition) is 2. The molecule has 1 aromatic carbocycles. The minimum Gasteiger partial charge on any atom is -0.368 e. The fraction of sp³-hybridized carbons (Fsp3) is 0.333. The zero-order chi connectivity index (χ0) is 16.7. The fourth-order valence-corrected chi connectivity index (χ4v) is 2.92. The van der Waals surface area contributed by atoms with E-state index in [1.54, 1.807) is 22.9 Å². The smallest absolute Gasteiger partial charge is 0.240 e. The van der Waals surface area contributed by atoms with Gasteiger partial charge in [-0.25, -0.2) is 4.68 Å². The van der Waals surface area contributed by atoms with Crippen LogP contribution >= 0.6 is 0 Å². The van der Waals surface area contributed by atoms with Gasteiger partial charge in [0.25, 0.3) is 0 Å². The van der Waals surface area contributed by atoms with E-state index >= 15 is 0 Å². The summed E-state index contributed by atoms with van der Waals surface area (Å²) in [6.45, 7) is 0.662. The van der Waals surface area contributed by atoms with Crippen LogP contribution in [0.5, 0.6) is 0 Å². The summed E-state index contributed by atoms with van der Waals surface area (Å²) >= 11 is 0. The van der Waals surface area contributed by atoms with Crippen LogP contribution in [0.2, 0.25) is 0 Å². The minimum absolute atomic E-state index is 0.0179. The Kier molecular flexibility index (Phi) is 3.49.